The minimum absolute atomic E-state index is 0.0582. The zero-order valence-corrected chi connectivity index (χ0v) is 12.2. The smallest absolute Gasteiger partial charge is 0.338 e. The SMILES string of the molecule is COC(=O)c1ccccc1C1NC(=O)C(C)(C(C)C)N1. The van der Waals surface area contributed by atoms with Gasteiger partial charge in [-0.2, -0.15) is 0 Å². The third-order valence-electron chi connectivity index (χ3n) is 4.02. The van der Waals surface area contributed by atoms with Crippen LogP contribution in [0.15, 0.2) is 24.3 Å². The van der Waals surface area contributed by atoms with Crippen molar-refractivity contribution in [2.24, 2.45) is 5.92 Å². The van der Waals surface area contributed by atoms with Crippen molar-refractivity contribution in [2.45, 2.75) is 32.5 Å². The summed E-state index contributed by atoms with van der Waals surface area (Å²) in [6.45, 7) is 5.84. The minimum atomic E-state index is -0.645. The van der Waals surface area contributed by atoms with E-state index >= 15 is 0 Å². The standard InChI is InChI=1S/C15H20N2O3/c1-9(2)15(3)14(19)16-12(17-15)10-7-5-6-8-11(10)13(18)20-4/h5-9,12,17H,1-4H3,(H,16,19). The number of hydrogen-bond acceptors (Lipinski definition) is 4. The number of amides is 1. The minimum Gasteiger partial charge on any atom is -0.465 e. The van der Waals surface area contributed by atoms with Crippen molar-refractivity contribution in [3.05, 3.63) is 35.4 Å². The lowest BCUT2D eigenvalue weighted by Crippen LogP contribution is -2.48. The molecule has 1 amide bonds. The zero-order valence-electron chi connectivity index (χ0n) is 12.2. The van der Waals surface area contributed by atoms with Crippen molar-refractivity contribution in [1.29, 1.82) is 0 Å². The van der Waals surface area contributed by atoms with Crippen LogP contribution >= 0.6 is 0 Å². The highest BCUT2D eigenvalue weighted by molar-refractivity contribution is 5.93. The second-order valence-electron chi connectivity index (χ2n) is 5.49. The molecule has 1 aromatic rings. The Kier molecular flexibility index (Phi) is 3.81. The van der Waals surface area contributed by atoms with E-state index in [1.54, 1.807) is 12.1 Å². The van der Waals surface area contributed by atoms with Crippen molar-refractivity contribution in [1.82, 2.24) is 10.6 Å². The van der Waals surface area contributed by atoms with Crippen LogP contribution in [0.25, 0.3) is 0 Å². The Morgan fingerprint density at radius 2 is 2.00 bits per heavy atom. The van der Waals surface area contributed by atoms with Gasteiger partial charge in [-0.25, -0.2) is 4.79 Å². The van der Waals surface area contributed by atoms with Crippen LogP contribution in [0.5, 0.6) is 0 Å². The average Bonchev–Trinajstić information content (AvgIpc) is 2.75. The number of benzene rings is 1. The fourth-order valence-electron chi connectivity index (χ4n) is 2.31. The van der Waals surface area contributed by atoms with Gasteiger partial charge in [0.15, 0.2) is 0 Å². The quantitative estimate of drug-likeness (QED) is 0.823. The first kappa shape index (κ1) is 14.5. The Bertz CT molecular complexity index is 542. The molecule has 1 fully saturated rings. The highest BCUT2D eigenvalue weighted by Crippen LogP contribution is 2.29. The van der Waals surface area contributed by atoms with E-state index in [-0.39, 0.29) is 18.0 Å². The van der Waals surface area contributed by atoms with Crippen LogP contribution in [0, 0.1) is 5.92 Å². The fourth-order valence-corrected chi connectivity index (χ4v) is 2.31. The van der Waals surface area contributed by atoms with E-state index in [0.29, 0.717) is 5.56 Å². The third kappa shape index (κ3) is 2.29. The molecule has 2 unspecified atom stereocenters. The van der Waals surface area contributed by atoms with Crippen molar-refractivity contribution >= 4 is 11.9 Å². The average molecular weight is 276 g/mol. The first-order chi connectivity index (χ1) is 9.40. The molecule has 5 heteroatoms. The third-order valence-corrected chi connectivity index (χ3v) is 4.02. The van der Waals surface area contributed by atoms with E-state index in [1.165, 1.54) is 7.11 Å². The van der Waals surface area contributed by atoms with Gasteiger partial charge in [0.05, 0.1) is 18.2 Å². The number of carbonyl (C=O) groups excluding carboxylic acids is 2. The molecule has 1 heterocycles. The molecule has 1 saturated heterocycles. The molecule has 1 aromatic carbocycles. The molecule has 108 valence electrons. The molecule has 0 aromatic heterocycles. The molecule has 2 N–H and O–H groups in total. The molecule has 1 aliphatic rings. The van der Waals surface area contributed by atoms with E-state index in [4.69, 9.17) is 4.74 Å². The van der Waals surface area contributed by atoms with E-state index in [1.807, 2.05) is 32.9 Å². The van der Waals surface area contributed by atoms with Crippen molar-refractivity contribution in [3.8, 4) is 0 Å². The van der Waals surface area contributed by atoms with Gasteiger partial charge in [0.1, 0.15) is 6.17 Å². The fraction of sp³-hybridized carbons (Fsp3) is 0.467. The van der Waals surface area contributed by atoms with E-state index in [2.05, 4.69) is 10.6 Å². The van der Waals surface area contributed by atoms with Crippen molar-refractivity contribution < 1.29 is 14.3 Å². The lowest BCUT2D eigenvalue weighted by Gasteiger charge is -2.26. The molecule has 0 radical (unpaired) electrons. The normalized spacial score (nSPS) is 25.6. The summed E-state index contributed by atoms with van der Waals surface area (Å²) < 4.78 is 4.78. The van der Waals surface area contributed by atoms with Gasteiger partial charge < -0.3 is 10.1 Å². The highest BCUT2D eigenvalue weighted by Gasteiger charge is 2.45. The van der Waals surface area contributed by atoms with Crippen LogP contribution in [0.3, 0.4) is 0 Å². The van der Waals surface area contributed by atoms with Gasteiger partial charge in [-0.3, -0.25) is 10.1 Å². The molecule has 2 atom stereocenters. The van der Waals surface area contributed by atoms with Crippen LogP contribution in [-0.2, 0) is 9.53 Å². The van der Waals surface area contributed by atoms with Gasteiger partial charge in [-0.1, -0.05) is 32.0 Å². The summed E-state index contributed by atoms with van der Waals surface area (Å²) in [5.41, 5.74) is 0.534. The predicted octanol–water partition coefficient (Wildman–Crippen LogP) is 1.61. The number of ether oxygens (including phenoxy) is 1. The number of nitrogens with one attached hydrogen (secondary N) is 2. The Balaban J connectivity index is 2.36. The molecule has 20 heavy (non-hydrogen) atoms. The van der Waals surface area contributed by atoms with Gasteiger partial charge in [-0.05, 0) is 18.9 Å². The Morgan fingerprint density at radius 1 is 1.35 bits per heavy atom. The van der Waals surface area contributed by atoms with Gasteiger partial charge >= 0.3 is 5.97 Å². The zero-order chi connectivity index (χ0) is 14.9. The maximum atomic E-state index is 12.2. The molecule has 0 aliphatic carbocycles. The lowest BCUT2D eigenvalue weighted by molar-refractivity contribution is -0.125. The number of rotatable bonds is 3. The summed E-state index contributed by atoms with van der Waals surface area (Å²) >= 11 is 0. The molecular weight excluding hydrogens is 256 g/mol. The summed E-state index contributed by atoms with van der Waals surface area (Å²) in [7, 11) is 1.35. The Morgan fingerprint density at radius 3 is 2.55 bits per heavy atom. The summed E-state index contributed by atoms with van der Waals surface area (Å²) in [5.74, 6) is -0.329. The second-order valence-corrected chi connectivity index (χ2v) is 5.49. The summed E-state index contributed by atoms with van der Waals surface area (Å²) in [4.78, 5) is 24.0. The number of methoxy groups -OCH3 is 1. The first-order valence-electron chi connectivity index (χ1n) is 6.66. The molecule has 0 saturated carbocycles. The highest BCUT2D eigenvalue weighted by atomic mass is 16.5. The first-order valence-corrected chi connectivity index (χ1v) is 6.66. The van der Waals surface area contributed by atoms with Crippen LogP contribution in [0.2, 0.25) is 0 Å². The van der Waals surface area contributed by atoms with Gasteiger partial charge in [0, 0.05) is 5.56 Å². The summed E-state index contributed by atoms with van der Waals surface area (Å²) in [6.07, 6.45) is -0.384. The second kappa shape index (κ2) is 5.25. The van der Waals surface area contributed by atoms with Crippen molar-refractivity contribution in [2.75, 3.05) is 7.11 Å². The van der Waals surface area contributed by atoms with Gasteiger partial charge in [-0.15, -0.1) is 0 Å². The number of carbonyl (C=O) groups is 2. The largest absolute Gasteiger partial charge is 0.465 e. The van der Waals surface area contributed by atoms with Crippen LogP contribution in [0.1, 0.15) is 42.9 Å². The molecular formula is C15H20N2O3. The maximum absolute atomic E-state index is 12.2. The summed E-state index contributed by atoms with van der Waals surface area (Å²) in [5, 5.41) is 6.19. The Labute approximate surface area is 118 Å². The van der Waals surface area contributed by atoms with E-state index in [0.717, 1.165) is 5.56 Å². The van der Waals surface area contributed by atoms with E-state index in [9.17, 15) is 9.59 Å². The number of esters is 1. The lowest BCUT2D eigenvalue weighted by atomic mass is 9.89. The molecule has 5 nitrogen and oxygen atoms in total. The van der Waals surface area contributed by atoms with E-state index < -0.39 is 11.5 Å². The molecule has 0 spiro atoms. The van der Waals surface area contributed by atoms with Crippen LogP contribution in [-0.4, -0.2) is 24.5 Å². The molecule has 2 rings (SSSR count). The van der Waals surface area contributed by atoms with Gasteiger partial charge in [0.2, 0.25) is 5.91 Å². The Hall–Kier alpha value is -1.88. The maximum Gasteiger partial charge on any atom is 0.338 e. The topological polar surface area (TPSA) is 67.4 Å². The van der Waals surface area contributed by atoms with Crippen molar-refractivity contribution in [3.63, 3.8) is 0 Å². The molecule has 1 aliphatic heterocycles. The molecule has 0 bridgehead atoms. The van der Waals surface area contributed by atoms with Crippen LogP contribution in [0.4, 0.5) is 0 Å². The monoisotopic (exact) mass is 276 g/mol. The van der Waals surface area contributed by atoms with Gasteiger partial charge in [0.25, 0.3) is 0 Å². The van der Waals surface area contributed by atoms with Crippen LogP contribution < -0.4 is 10.6 Å². The number of hydrogen-bond donors (Lipinski definition) is 2. The predicted molar refractivity (Wildman–Crippen MR) is 75.0 cm³/mol. The summed E-state index contributed by atoms with van der Waals surface area (Å²) in [6, 6.07) is 7.12.